The molecule has 3 nitrogen and oxygen atoms in total. The molecule has 1 amide bonds. The van der Waals surface area contributed by atoms with Gasteiger partial charge in [0.25, 0.3) is 0 Å². The van der Waals surface area contributed by atoms with Crippen LogP contribution in [0.15, 0.2) is 24.3 Å². The van der Waals surface area contributed by atoms with Crippen molar-refractivity contribution in [3.8, 4) is 0 Å². The summed E-state index contributed by atoms with van der Waals surface area (Å²) in [5.41, 5.74) is 7.52. The van der Waals surface area contributed by atoms with Crippen LogP contribution in [-0.4, -0.2) is 16.8 Å². The number of carbonyl (C=O) groups is 1. The Morgan fingerprint density at radius 1 is 1.40 bits per heavy atom. The summed E-state index contributed by atoms with van der Waals surface area (Å²) in [7, 11) is 0. The number of hydrogen-bond donors (Lipinski definition) is 1. The highest BCUT2D eigenvalue weighted by Gasteiger charge is 2.26. The van der Waals surface area contributed by atoms with Crippen molar-refractivity contribution in [2.75, 3.05) is 5.73 Å². The zero-order valence-corrected chi connectivity index (χ0v) is 8.94. The second kappa shape index (κ2) is 3.93. The number of carbonyl (C=O) groups excluding carboxylic acids is 1. The Labute approximate surface area is 89.9 Å². The van der Waals surface area contributed by atoms with Crippen molar-refractivity contribution >= 4 is 11.6 Å². The summed E-state index contributed by atoms with van der Waals surface area (Å²) in [4.78, 5) is 13.5. The maximum Gasteiger partial charge on any atom is 0.223 e. The molecule has 1 aromatic carbocycles. The molecule has 1 aliphatic rings. The summed E-state index contributed by atoms with van der Waals surface area (Å²) >= 11 is 0. The summed E-state index contributed by atoms with van der Waals surface area (Å²) in [5.74, 6) is 0.263. The van der Waals surface area contributed by atoms with Crippen LogP contribution in [0.25, 0.3) is 0 Å². The number of rotatable bonds is 2. The molecule has 1 aromatic rings. The van der Waals surface area contributed by atoms with Gasteiger partial charge in [0, 0.05) is 24.7 Å². The average Bonchev–Trinajstić information content (AvgIpc) is 2.53. The van der Waals surface area contributed by atoms with E-state index in [9.17, 15) is 4.79 Å². The van der Waals surface area contributed by atoms with Crippen LogP contribution in [0, 0.1) is 0 Å². The second-order valence-electron chi connectivity index (χ2n) is 4.15. The topological polar surface area (TPSA) is 46.3 Å². The van der Waals surface area contributed by atoms with Crippen molar-refractivity contribution in [1.82, 2.24) is 4.90 Å². The lowest BCUT2D eigenvalue weighted by molar-refractivity contribution is -0.129. The van der Waals surface area contributed by atoms with E-state index in [-0.39, 0.29) is 5.91 Å². The van der Waals surface area contributed by atoms with E-state index in [1.165, 1.54) is 0 Å². The Bertz CT molecular complexity index is 358. The highest BCUT2D eigenvalue weighted by Crippen LogP contribution is 2.21. The fraction of sp³-hybridized carbons (Fsp3) is 0.417. The van der Waals surface area contributed by atoms with Crippen molar-refractivity contribution in [3.05, 3.63) is 29.8 Å². The van der Waals surface area contributed by atoms with E-state index in [1.54, 1.807) is 0 Å². The van der Waals surface area contributed by atoms with E-state index in [0.29, 0.717) is 19.0 Å². The quantitative estimate of drug-likeness (QED) is 0.746. The van der Waals surface area contributed by atoms with Crippen molar-refractivity contribution < 1.29 is 4.79 Å². The van der Waals surface area contributed by atoms with Crippen LogP contribution in [-0.2, 0) is 11.3 Å². The normalized spacial score (nSPS) is 21.0. The predicted octanol–water partition coefficient (Wildman–Crippen LogP) is 1.78. The van der Waals surface area contributed by atoms with E-state index < -0.39 is 0 Å². The maximum atomic E-state index is 11.6. The SMILES string of the molecule is CC1CCC(=O)N1Cc1ccc(N)cc1. The monoisotopic (exact) mass is 204 g/mol. The maximum absolute atomic E-state index is 11.6. The Balaban J connectivity index is 2.08. The molecule has 80 valence electrons. The van der Waals surface area contributed by atoms with E-state index in [1.807, 2.05) is 29.2 Å². The Hall–Kier alpha value is -1.51. The summed E-state index contributed by atoms with van der Waals surface area (Å²) in [6.07, 6.45) is 1.67. The van der Waals surface area contributed by atoms with Gasteiger partial charge in [0.05, 0.1) is 0 Å². The van der Waals surface area contributed by atoms with Gasteiger partial charge in [-0.05, 0) is 31.0 Å². The third kappa shape index (κ3) is 2.12. The molecule has 0 radical (unpaired) electrons. The minimum atomic E-state index is 0.263. The van der Waals surface area contributed by atoms with Crippen molar-refractivity contribution in [1.29, 1.82) is 0 Å². The molecule has 1 aliphatic heterocycles. The lowest BCUT2D eigenvalue weighted by Crippen LogP contribution is -2.30. The Morgan fingerprint density at radius 2 is 2.07 bits per heavy atom. The predicted molar refractivity (Wildman–Crippen MR) is 60.1 cm³/mol. The van der Waals surface area contributed by atoms with Gasteiger partial charge in [0.2, 0.25) is 5.91 Å². The first-order chi connectivity index (χ1) is 7.16. The third-order valence-electron chi connectivity index (χ3n) is 2.96. The first-order valence-corrected chi connectivity index (χ1v) is 5.30. The number of amides is 1. The molecule has 0 bridgehead atoms. The summed E-state index contributed by atoms with van der Waals surface area (Å²) < 4.78 is 0. The molecule has 0 saturated carbocycles. The van der Waals surface area contributed by atoms with Crippen LogP contribution in [0.3, 0.4) is 0 Å². The fourth-order valence-corrected chi connectivity index (χ4v) is 1.94. The molecule has 0 aromatic heterocycles. The largest absolute Gasteiger partial charge is 0.399 e. The number of hydrogen-bond acceptors (Lipinski definition) is 2. The molecule has 1 fully saturated rings. The van der Waals surface area contributed by atoms with Crippen molar-refractivity contribution in [3.63, 3.8) is 0 Å². The van der Waals surface area contributed by atoms with Gasteiger partial charge in [0.15, 0.2) is 0 Å². The smallest absolute Gasteiger partial charge is 0.223 e. The minimum absolute atomic E-state index is 0.263. The molecule has 1 heterocycles. The zero-order chi connectivity index (χ0) is 10.8. The summed E-state index contributed by atoms with van der Waals surface area (Å²) in [5, 5.41) is 0. The number of anilines is 1. The molecule has 3 heteroatoms. The summed E-state index contributed by atoms with van der Waals surface area (Å²) in [6.45, 7) is 2.81. The van der Waals surface area contributed by atoms with Gasteiger partial charge >= 0.3 is 0 Å². The average molecular weight is 204 g/mol. The van der Waals surface area contributed by atoms with Crippen LogP contribution >= 0.6 is 0 Å². The Morgan fingerprint density at radius 3 is 2.60 bits per heavy atom. The van der Waals surface area contributed by atoms with Crippen LogP contribution in [0.2, 0.25) is 0 Å². The zero-order valence-electron chi connectivity index (χ0n) is 8.94. The van der Waals surface area contributed by atoms with E-state index in [0.717, 1.165) is 17.7 Å². The number of benzene rings is 1. The van der Waals surface area contributed by atoms with Crippen molar-refractivity contribution in [2.45, 2.75) is 32.4 Å². The van der Waals surface area contributed by atoms with Gasteiger partial charge in [-0.3, -0.25) is 4.79 Å². The van der Waals surface area contributed by atoms with E-state index in [4.69, 9.17) is 5.73 Å². The molecule has 1 saturated heterocycles. The minimum Gasteiger partial charge on any atom is -0.399 e. The molecular formula is C12H16N2O. The molecule has 2 N–H and O–H groups in total. The van der Waals surface area contributed by atoms with Crippen molar-refractivity contribution in [2.24, 2.45) is 0 Å². The summed E-state index contributed by atoms with van der Waals surface area (Å²) in [6, 6.07) is 8.08. The number of likely N-dealkylation sites (tertiary alicyclic amines) is 1. The Kier molecular flexibility index (Phi) is 2.62. The molecule has 0 spiro atoms. The van der Waals surface area contributed by atoms with Gasteiger partial charge in [-0.2, -0.15) is 0 Å². The van der Waals surface area contributed by atoms with Crippen LogP contribution < -0.4 is 5.73 Å². The van der Waals surface area contributed by atoms with Gasteiger partial charge in [-0.25, -0.2) is 0 Å². The number of nitrogens with zero attached hydrogens (tertiary/aromatic N) is 1. The van der Waals surface area contributed by atoms with Crippen LogP contribution in [0.4, 0.5) is 5.69 Å². The van der Waals surface area contributed by atoms with Gasteiger partial charge in [-0.15, -0.1) is 0 Å². The highest BCUT2D eigenvalue weighted by atomic mass is 16.2. The lowest BCUT2D eigenvalue weighted by Gasteiger charge is -2.21. The van der Waals surface area contributed by atoms with Crippen LogP contribution in [0.5, 0.6) is 0 Å². The molecule has 15 heavy (non-hydrogen) atoms. The molecular weight excluding hydrogens is 188 g/mol. The van der Waals surface area contributed by atoms with E-state index in [2.05, 4.69) is 6.92 Å². The van der Waals surface area contributed by atoms with Gasteiger partial charge in [0.1, 0.15) is 0 Å². The molecule has 1 atom stereocenters. The number of nitrogens with two attached hydrogens (primary N) is 1. The highest BCUT2D eigenvalue weighted by molar-refractivity contribution is 5.78. The lowest BCUT2D eigenvalue weighted by atomic mass is 10.2. The van der Waals surface area contributed by atoms with Crippen LogP contribution in [0.1, 0.15) is 25.3 Å². The number of nitrogen functional groups attached to an aromatic ring is 1. The van der Waals surface area contributed by atoms with Gasteiger partial charge in [-0.1, -0.05) is 12.1 Å². The molecule has 2 rings (SSSR count). The standard InChI is InChI=1S/C12H16N2O/c1-9-2-7-12(15)14(9)8-10-3-5-11(13)6-4-10/h3-6,9H,2,7-8,13H2,1H3. The third-order valence-corrected chi connectivity index (χ3v) is 2.96. The fourth-order valence-electron chi connectivity index (χ4n) is 1.94. The van der Waals surface area contributed by atoms with E-state index >= 15 is 0 Å². The first kappa shape index (κ1) is 10.0. The molecule has 1 unspecified atom stereocenters. The first-order valence-electron chi connectivity index (χ1n) is 5.30. The van der Waals surface area contributed by atoms with Gasteiger partial charge < -0.3 is 10.6 Å². The second-order valence-corrected chi connectivity index (χ2v) is 4.15. The molecule has 0 aliphatic carbocycles.